The Bertz CT molecular complexity index is 711. The number of carbonyl (C=O) groups is 4. The number of Topliss-reactive ketones (excluding diaryl/α,β-unsaturated/α-hetero) is 1. The number of aliphatic hydroxyl groups excluding tert-OH is 1. The normalized spacial score (nSPS) is 18.5. The predicted molar refractivity (Wildman–Crippen MR) is 75.4 cm³/mol. The van der Waals surface area contributed by atoms with E-state index < -0.39 is 40.8 Å². The fourth-order valence-electron chi connectivity index (χ4n) is 1.98. The first-order chi connectivity index (χ1) is 10.4. The van der Waals surface area contributed by atoms with Gasteiger partial charge in [-0.2, -0.15) is 0 Å². The molecular formula is C16H12O6. The number of esters is 2. The number of cyclic esters (lactones) is 2. The van der Waals surface area contributed by atoms with E-state index in [9.17, 15) is 24.3 Å². The number of rotatable bonds is 4. The molecule has 0 aliphatic carbocycles. The molecule has 2 rings (SSSR count). The quantitative estimate of drug-likeness (QED) is 0.390. The van der Waals surface area contributed by atoms with Crippen molar-refractivity contribution in [3.63, 3.8) is 0 Å². The average molecular weight is 300 g/mol. The Morgan fingerprint density at radius 2 is 1.82 bits per heavy atom. The number of benzene rings is 1. The molecule has 0 aromatic heterocycles. The third kappa shape index (κ3) is 3.01. The van der Waals surface area contributed by atoms with Gasteiger partial charge >= 0.3 is 11.9 Å². The zero-order chi connectivity index (χ0) is 16.3. The van der Waals surface area contributed by atoms with Crippen molar-refractivity contribution in [2.45, 2.75) is 6.92 Å². The smallest absolute Gasteiger partial charge is 0.352 e. The molecule has 1 atom stereocenters. The minimum atomic E-state index is -1.70. The van der Waals surface area contributed by atoms with Crippen molar-refractivity contribution < 1.29 is 29.0 Å². The molecule has 1 aromatic rings. The van der Waals surface area contributed by atoms with E-state index >= 15 is 0 Å². The fraction of sp³-hybridized carbons (Fsp3) is 0.125. The summed E-state index contributed by atoms with van der Waals surface area (Å²) in [5, 5.41) is 9.89. The Morgan fingerprint density at radius 1 is 1.18 bits per heavy atom. The fourth-order valence-corrected chi connectivity index (χ4v) is 1.98. The Morgan fingerprint density at radius 3 is 2.41 bits per heavy atom. The second-order valence-corrected chi connectivity index (χ2v) is 4.60. The lowest BCUT2D eigenvalue weighted by molar-refractivity contribution is -0.162. The summed E-state index contributed by atoms with van der Waals surface area (Å²) >= 11 is 0. The van der Waals surface area contributed by atoms with Crippen LogP contribution in [0.2, 0.25) is 0 Å². The summed E-state index contributed by atoms with van der Waals surface area (Å²) in [5.74, 6) is -6.56. The molecule has 6 nitrogen and oxygen atoms in total. The van der Waals surface area contributed by atoms with Gasteiger partial charge in [0.2, 0.25) is 0 Å². The van der Waals surface area contributed by atoms with Gasteiger partial charge in [-0.3, -0.25) is 14.4 Å². The van der Waals surface area contributed by atoms with Crippen LogP contribution in [0.5, 0.6) is 0 Å². The minimum Gasteiger partial charge on any atom is -0.510 e. The van der Waals surface area contributed by atoms with Crippen molar-refractivity contribution in [2.24, 2.45) is 5.92 Å². The number of ketones is 2. The zero-order valence-electron chi connectivity index (χ0n) is 11.6. The average Bonchev–Trinajstić information content (AvgIpc) is 2.45. The molecule has 0 fully saturated rings. The number of hydrogen-bond donors (Lipinski definition) is 1. The molecule has 1 aliphatic heterocycles. The topological polar surface area (TPSA) is 97.7 Å². The summed E-state index contributed by atoms with van der Waals surface area (Å²) in [7, 11) is 0. The highest BCUT2D eigenvalue weighted by molar-refractivity contribution is 6.24. The summed E-state index contributed by atoms with van der Waals surface area (Å²) in [6.07, 6.45) is 2.54. The molecule has 1 aromatic carbocycles. The minimum absolute atomic E-state index is 0.675. The van der Waals surface area contributed by atoms with Crippen LogP contribution in [0.25, 0.3) is 6.08 Å². The highest BCUT2D eigenvalue weighted by Gasteiger charge is 2.42. The van der Waals surface area contributed by atoms with Crippen LogP contribution < -0.4 is 0 Å². The summed E-state index contributed by atoms with van der Waals surface area (Å²) in [4.78, 5) is 46.4. The van der Waals surface area contributed by atoms with Crippen molar-refractivity contribution >= 4 is 29.6 Å². The van der Waals surface area contributed by atoms with Gasteiger partial charge in [0.1, 0.15) is 11.3 Å². The van der Waals surface area contributed by atoms with Crippen LogP contribution in [-0.2, 0) is 23.9 Å². The molecule has 1 unspecified atom stereocenters. The van der Waals surface area contributed by atoms with E-state index in [4.69, 9.17) is 0 Å². The third-order valence-corrected chi connectivity index (χ3v) is 3.04. The summed E-state index contributed by atoms with van der Waals surface area (Å²) in [5.41, 5.74) is 0.0393. The van der Waals surface area contributed by atoms with Crippen LogP contribution in [-0.4, -0.2) is 28.6 Å². The summed E-state index contributed by atoms with van der Waals surface area (Å²) in [6.45, 7) is 1.03. The lowest BCUT2D eigenvalue weighted by atomic mass is 9.93. The molecule has 0 spiro atoms. The lowest BCUT2D eigenvalue weighted by Gasteiger charge is -2.19. The van der Waals surface area contributed by atoms with Crippen molar-refractivity contribution in [1.82, 2.24) is 0 Å². The Hall–Kier alpha value is -3.02. The molecule has 1 aliphatic rings. The molecular weight excluding hydrogens is 288 g/mol. The highest BCUT2D eigenvalue weighted by atomic mass is 16.6. The van der Waals surface area contributed by atoms with Gasteiger partial charge in [-0.15, -0.1) is 0 Å². The largest absolute Gasteiger partial charge is 0.510 e. The van der Waals surface area contributed by atoms with Gasteiger partial charge in [-0.1, -0.05) is 36.4 Å². The SMILES string of the molecule is CC(=O)C1=C(O)C(C(=O)/C=C/c2ccccc2)C(=O)OC1=O. The maximum absolute atomic E-state index is 12.1. The predicted octanol–water partition coefficient (Wildman–Crippen LogP) is 1.37. The molecule has 112 valence electrons. The van der Waals surface area contributed by atoms with Gasteiger partial charge in [0.25, 0.3) is 0 Å². The van der Waals surface area contributed by atoms with E-state index in [1.807, 2.05) is 0 Å². The molecule has 0 saturated carbocycles. The number of allylic oxidation sites excluding steroid dienone is 1. The second-order valence-electron chi connectivity index (χ2n) is 4.60. The van der Waals surface area contributed by atoms with Gasteiger partial charge in [-0.25, -0.2) is 4.79 Å². The monoisotopic (exact) mass is 300 g/mol. The molecule has 0 amide bonds. The van der Waals surface area contributed by atoms with Gasteiger partial charge in [0.15, 0.2) is 17.5 Å². The van der Waals surface area contributed by atoms with E-state index in [1.165, 1.54) is 6.08 Å². The van der Waals surface area contributed by atoms with Crippen LogP contribution in [0.1, 0.15) is 12.5 Å². The van der Waals surface area contributed by atoms with Gasteiger partial charge in [0, 0.05) is 0 Å². The number of carbonyl (C=O) groups excluding carboxylic acids is 4. The molecule has 0 radical (unpaired) electrons. The number of aliphatic hydroxyl groups is 1. The molecule has 6 heteroatoms. The van der Waals surface area contributed by atoms with Gasteiger partial charge in [0.05, 0.1) is 0 Å². The maximum Gasteiger partial charge on any atom is 0.352 e. The van der Waals surface area contributed by atoms with Gasteiger partial charge in [-0.05, 0) is 18.6 Å². The molecule has 1 heterocycles. The summed E-state index contributed by atoms with van der Waals surface area (Å²) < 4.78 is 4.35. The summed E-state index contributed by atoms with van der Waals surface area (Å²) in [6, 6.07) is 8.81. The molecule has 22 heavy (non-hydrogen) atoms. The standard InChI is InChI=1S/C16H12O6/c1-9(17)12-14(19)13(16(21)22-15(12)20)11(18)8-7-10-5-3-2-4-6-10/h2-8,13,19H,1H3/b8-7+. The van der Waals surface area contributed by atoms with E-state index in [-0.39, 0.29) is 0 Å². The van der Waals surface area contributed by atoms with Crippen LogP contribution in [0.3, 0.4) is 0 Å². The maximum atomic E-state index is 12.1. The Balaban J connectivity index is 2.32. The first-order valence-electron chi connectivity index (χ1n) is 6.39. The van der Waals surface area contributed by atoms with E-state index in [0.717, 1.165) is 13.0 Å². The number of ether oxygens (including phenoxy) is 1. The zero-order valence-corrected chi connectivity index (χ0v) is 11.6. The van der Waals surface area contributed by atoms with Crippen molar-refractivity contribution in [2.75, 3.05) is 0 Å². The van der Waals surface area contributed by atoms with Crippen LogP contribution in [0.15, 0.2) is 47.7 Å². The Labute approximate surface area is 125 Å². The van der Waals surface area contributed by atoms with Crippen molar-refractivity contribution in [3.05, 3.63) is 53.3 Å². The van der Waals surface area contributed by atoms with E-state index in [1.54, 1.807) is 30.3 Å². The molecule has 0 bridgehead atoms. The van der Waals surface area contributed by atoms with Crippen molar-refractivity contribution in [1.29, 1.82) is 0 Å². The van der Waals surface area contributed by atoms with Crippen molar-refractivity contribution in [3.8, 4) is 0 Å². The second kappa shape index (κ2) is 6.17. The van der Waals surface area contributed by atoms with E-state index in [2.05, 4.69) is 4.74 Å². The lowest BCUT2D eigenvalue weighted by Crippen LogP contribution is -2.37. The first-order valence-corrected chi connectivity index (χ1v) is 6.39. The van der Waals surface area contributed by atoms with E-state index in [0.29, 0.717) is 5.56 Å². The number of hydrogen-bond acceptors (Lipinski definition) is 6. The van der Waals surface area contributed by atoms with Crippen LogP contribution in [0.4, 0.5) is 0 Å². The van der Waals surface area contributed by atoms with Gasteiger partial charge < -0.3 is 9.84 Å². The molecule has 1 N–H and O–H groups in total. The van der Waals surface area contributed by atoms with Crippen LogP contribution >= 0.6 is 0 Å². The first kappa shape index (κ1) is 15.4. The third-order valence-electron chi connectivity index (χ3n) is 3.04. The highest BCUT2D eigenvalue weighted by Crippen LogP contribution is 2.24. The Kier molecular flexibility index (Phi) is 4.31. The van der Waals surface area contributed by atoms with Crippen LogP contribution in [0, 0.1) is 5.92 Å². The molecule has 0 saturated heterocycles.